The molecule has 82 valence electrons. The van der Waals surface area contributed by atoms with Crippen molar-refractivity contribution in [1.29, 1.82) is 0 Å². The first-order chi connectivity index (χ1) is 6.73. The highest BCUT2D eigenvalue weighted by Gasteiger charge is 2.21. The Morgan fingerprint density at radius 2 is 2.00 bits per heavy atom. The summed E-state index contributed by atoms with van der Waals surface area (Å²) in [4.78, 5) is 10.0. The quantitative estimate of drug-likeness (QED) is 0.849. The number of rotatable bonds is 2. The van der Waals surface area contributed by atoms with E-state index in [1.807, 2.05) is 0 Å². The number of benzene rings is 1. The SMILES string of the molecule is O=C(O)c1cc(F)cc(S(=O)(=O)Cl)c1Br. The van der Waals surface area contributed by atoms with Gasteiger partial charge in [-0.25, -0.2) is 17.6 Å². The smallest absolute Gasteiger partial charge is 0.336 e. The van der Waals surface area contributed by atoms with Gasteiger partial charge in [-0.3, -0.25) is 0 Å². The lowest BCUT2D eigenvalue weighted by Crippen LogP contribution is -2.03. The first-order valence-electron chi connectivity index (χ1n) is 3.40. The van der Waals surface area contributed by atoms with Crippen molar-refractivity contribution in [3.63, 3.8) is 0 Å². The molecular weight excluding hydrogens is 314 g/mol. The summed E-state index contributed by atoms with van der Waals surface area (Å²) in [7, 11) is 0.805. The molecule has 0 aliphatic heterocycles. The van der Waals surface area contributed by atoms with Crippen LogP contribution in [-0.2, 0) is 9.05 Å². The third-order valence-electron chi connectivity index (χ3n) is 1.50. The number of aromatic carboxylic acids is 1. The van der Waals surface area contributed by atoms with Crippen LogP contribution >= 0.6 is 26.6 Å². The average Bonchev–Trinajstić information content (AvgIpc) is 2.06. The van der Waals surface area contributed by atoms with E-state index < -0.39 is 31.3 Å². The molecule has 0 saturated heterocycles. The minimum absolute atomic E-state index is 0.272. The fourth-order valence-electron chi connectivity index (χ4n) is 0.897. The van der Waals surface area contributed by atoms with E-state index in [1.165, 1.54) is 0 Å². The highest BCUT2D eigenvalue weighted by atomic mass is 79.9. The minimum atomic E-state index is -4.19. The molecule has 15 heavy (non-hydrogen) atoms. The zero-order valence-electron chi connectivity index (χ0n) is 6.87. The maximum absolute atomic E-state index is 12.9. The Hall–Kier alpha value is -0.660. The molecule has 1 aromatic carbocycles. The number of hydrogen-bond donors (Lipinski definition) is 1. The zero-order valence-corrected chi connectivity index (χ0v) is 10.0. The molecule has 1 aromatic rings. The third-order valence-corrected chi connectivity index (χ3v) is 3.96. The number of carbonyl (C=O) groups is 1. The van der Waals surface area contributed by atoms with Crippen LogP contribution in [0.15, 0.2) is 21.5 Å². The molecule has 0 saturated carbocycles. The van der Waals surface area contributed by atoms with Gasteiger partial charge in [0.25, 0.3) is 9.05 Å². The van der Waals surface area contributed by atoms with Gasteiger partial charge in [0.15, 0.2) is 0 Å². The summed E-state index contributed by atoms with van der Waals surface area (Å²) in [5.74, 6) is -2.45. The molecule has 0 spiro atoms. The van der Waals surface area contributed by atoms with Crippen molar-refractivity contribution < 1.29 is 22.7 Å². The van der Waals surface area contributed by atoms with Crippen LogP contribution < -0.4 is 0 Å². The molecule has 0 atom stereocenters. The van der Waals surface area contributed by atoms with Crippen LogP contribution in [0.5, 0.6) is 0 Å². The minimum Gasteiger partial charge on any atom is -0.478 e. The Balaban J connectivity index is 3.63. The van der Waals surface area contributed by atoms with Gasteiger partial charge in [-0.05, 0) is 28.1 Å². The van der Waals surface area contributed by atoms with Crippen LogP contribution in [0.2, 0.25) is 0 Å². The average molecular weight is 318 g/mol. The van der Waals surface area contributed by atoms with Crippen molar-refractivity contribution in [1.82, 2.24) is 0 Å². The maximum atomic E-state index is 12.9. The van der Waals surface area contributed by atoms with Gasteiger partial charge in [-0.2, -0.15) is 0 Å². The summed E-state index contributed by atoms with van der Waals surface area (Å²) in [6.07, 6.45) is 0. The van der Waals surface area contributed by atoms with E-state index in [0.717, 1.165) is 0 Å². The highest BCUT2D eigenvalue weighted by molar-refractivity contribution is 9.10. The Morgan fingerprint density at radius 1 is 1.47 bits per heavy atom. The number of carboxylic acid groups (broad SMARTS) is 1. The summed E-state index contributed by atoms with van der Waals surface area (Å²) < 4.78 is 34.5. The van der Waals surface area contributed by atoms with Crippen molar-refractivity contribution in [2.75, 3.05) is 0 Å². The predicted octanol–water partition coefficient (Wildman–Crippen LogP) is 2.21. The molecule has 0 aliphatic carbocycles. The number of halogens is 3. The van der Waals surface area contributed by atoms with Gasteiger partial charge in [0.2, 0.25) is 0 Å². The van der Waals surface area contributed by atoms with Crippen LogP contribution in [0, 0.1) is 5.82 Å². The van der Waals surface area contributed by atoms with Gasteiger partial charge >= 0.3 is 5.97 Å². The molecule has 8 heteroatoms. The standard InChI is InChI=1S/C7H3BrClFO4S/c8-6-4(7(11)12)1-3(10)2-5(6)15(9,13)14/h1-2H,(H,11,12). The van der Waals surface area contributed by atoms with Gasteiger partial charge in [0.1, 0.15) is 10.7 Å². The van der Waals surface area contributed by atoms with Gasteiger partial charge in [-0.1, -0.05) is 0 Å². The summed E-state index contributed by atoms with van der Waals surface area (Å²) in [6.45, 7) is 0. The fourth-order valence-corrected chi connectivity index (χ4v) is 3.16. The molecule has 0 heterocycles. The summed E-state index contributed by atoms with van der Waals surface area (Å²) >= 11 is 2.74. The van der Waals surface area contributed by atoms with Crippen molar-refractivity contribution in [3.05, 3.63) is 28.0 Å². The lowest BCUT2D eigenvalue weighted by molar-refractivity contribution is 0.0695. The van der Waals surface area contributed by atoms with Crippen molar-refractivity contribution in [2.24, 2.45) is 0 Å². The van der Waals surface area contributed by atoms with E-state index in [9.17, 15) is 17.6 Å². The molecule has 0 unspecified atom stereocenters. The highest BCUT2D eigenvalue weighted by Crippen LogP contribution is 2.29. The monoisotopic (exact) mass is 316 g/mol. The van der Waals surface area contributed by atoms with Gasteiger partial charge in [-0.15, -0.1) is 0 Å². The largest absolute Gasteiger partial charge is 0.478 e. The van der Waals surface area contributed by atoms with E-state index in [1.54, 1.807) is 0 Å². The first kappa shape index (κ1) is 12.4. The Bertz CT molecular complexity index is 528. The van der Waals surface area contributed by atoms with E-state index >= 15 is 0 Å². The lowest BCUT2D eigenvalue weighted by atomic mass is 10.2. The molecule has 0 aliphatic rings. The maximum Gasteiger partial charge on any atom is 0.336 e. The van der Waals surface area contributed by atoms with Crippen molar-refractivity contribution in [2.45, 2.75) is 4.90 Å². The molecule has 4 nitrogen and oxygen atoms in total. The number of hydrogen-bond acceptors (Lipinski definition) is 3. The molecule has 0 aromatic heterocycles. The molecular formula is C7H3BrClFO4S. The fraction of sp³-hybridized carbons (Fsp3) is 0. The van der Waals surface area contributed by atoms with E-state index in [-0.39, 0.29) is 4.47 Å². The second-order valence-electron chi connectivity index (χ2n) is 2.51. The summed E-state index contributed by atoms with van der Waals surface area (Å²) in [6, 6.07) is 1.33. The van der Waals surface area contributed by atoms with Gasteiger partial charge in [0, 0.05) is 10.7 Å². The normalized spacial score (nSPS) is 11.4. The molecule has 1 rings (SSSR count). The second kappa shape index (κ2) is 4.07. The molecule has 0 bridgehead atoms. The van der Waals surface area contributed by atoms with E-state index in [2.05, 4.69) is 15.9 Å². The molecule has 1 N–H and O–H groups in total. The Labute approximate surface area is 97.2 Å². The summed E-state index contributed by atoms with van der Waals surface area (Å²) in [5, 5.41) is 8.65. The van der Waals surface area contributed by atoms with E-state index in [4.69, 9.17) is 15.8 Å². The molecule has 0 radical (unpaired) electrons. The Morgan fingerprint density at radius 3 is 2.40 bits per heavy atom. The van der Waals surface area contributed by atoms with Crippen molar-refractivity contribution >= 4 is 41.6 Å². The van der Waals surface area contributed by atoms with Crippen LogP contribution in [-0.4, -0.2) is 19.5 Å². The predicted molar refractivity (Wildman–Crippen MR) is 54.1 cm³/mol. The molecule has 0 amide bonds. The van der Waals surface area contributed by atoms with E-state index in [0.29, 0.717) is 12.1 Å². The topological polar surface area (TPSA) is 71.4 Å². The van der Waals surface area contributed by atoms with Crippen LogP contribution in [0.1, 0.15) is 10.4 Å². The lowest BCUT2D eigenvalue weighted by Gasteiger charge is -2.04. The Kier molecular flexibility index (Phi) is 3.37. The van der Waals surface area contributed by atoms with Gasteiger partial charge < -0.3 is 5.11 Å². The van der Waals surface area contributed by atoms with Crippen LogP contribution in [0.4, 0.5) is 4.39 Å². The van der Waals surface area contributed by atoms with Crippen LogP contribution in [0.25, 0.3) is 0 Å². The summed E-state index contributed by atoms with van der Waals surface area (Å²) in [5.41, 5.74) is -0.505. The van der Waals surface area contributed by atoms with Crippen LogP contribution in [0.3, 0.4) is 0 Å². The zero-order chi connectivity index (χ0) is 11.8. The number of carboxylic acids is 1. The first-order valence-corrected chi connectivity index (χ1v) is 6.50. The second-order valence-corrected chi connectivity index (χ2v) is 5.84. The van der Waals surface area contributed by atoms with Crippen molar-refractivity contribution in [3.8, 4) is 0 Å². The molecule has 0 fully saturated rings. The van der Waals surface area contributed by atoms with Gasteiger partial charge in [0.05, 0.1) is 10.0 Å². The third kappa shape index (κ3) is 2.67.